The Kier molecular flexibility index (Phi) is 6.55. The van der Waals surface area contributed by atoms with Gasteiger partial charge in [-0.05, 0) is 51.1 Å². The van der Waals surface area contributed by atoms with Crippen LogP contribution in [0.3, 0.4) is 0 Å². The maximum absolute atomic E-state index is 12.4. The third kappa shape index (κ3) is 5.24. The van der Waals surface area contributed by atoms with Gasteiger partial charge in [-0.25, -0.2) is 0 Å². The van der Waals surface area contributed by atoms with Crippen LogP contribution in [0, 0.1) is 6.92 Å². The normalized spacial score (nSPS) is 12.2. The van der Waals surface area contributed by atoms with Crippen molar-refractivity contribution in [3.8, 4) is 0 Å². The SMILES string of the molecule is Cc1ccc(NC(=O)c2ccc(C[NH+](Cc3ccccc3Cl)C(C)C)o2)cc1. The van der Waals surface area contributed by atoms with Gasteiger partial charge in [0.1, 0.15) is 13.1 Å². The van der Waals surface area contributed by atoms with Gasteiger partial charge < -0.3 is 14.6 Å². The number of hydrogen-bond donors (Lipinski definition) is 2. The molecular weight excluding hydrogens is 372 g/mol. The van der Waals surface area contributed by atoms with Gasteiger partial charge in [-0.2, -0.15) is 0 Å². The van der Waals surface area contributed by atoms with Crippen molar-refractivity contribution in [1.82, 2.24) is 0 Å². The first-order chi connectivity index (χ1) is 13.4. The Bertz CT molecular complexity index is 932. The highest BCUT2D eigenvalue weighted by atomic mass is 35.5. The van der Waals surface area contributed by atoms with Crippen molar-refractivity contribution in [1.29, 1.82) is 0 Å². The summed E-state index contributed by atoms with van der Waals surface area (Å²) in [5, 5.41) is 3.64. The van der Waals surface area contributed by atoms with E-state index in [2.05, 4.69) is 19.2 Å². The fourth-order valence-electron chi connectivity index (χ4n) is 3.01. The van der Waals surface area contributed by atoms with E-state index in [0.717, 1.165) is 34.1 Å². The molecule has 0 bridgehead atoms. The highest BCUT2D eigenvalue weighted by molar-refractivity contribution is 6.31. The number of quaternary nitrogens is 1. The van der Waals surface area contributed by atoms with Gasteiger partial charge in [0, 0.05) is 16.3 Å². The second-order valence-corrected chi connectivity index (χ2v) is 7.75. The number of rotatable bonds is 7. The van der Waals surface area contributed by atoms with Crippen molar-refractivity contribution in [3.05, 3.63) is 88.3 Å². The molecule has 5 heteroatoms. The molecule has 1 amide bonds. The van der Waals surface area contributed by atoms with Crippen molar-refractivity contribution in [3.63, 3.8) is 0 Å². The first-order valence-electron chi connectivity index (χ1n) is 9.47. The zero-order valence-corrected chi connectivity index (χ0v) is 17.2. The Morgan fingerprint density at radius 2 is 1.75 bits per heavy atom. The molecule has 3 aromatic rings. The van der Waals surface area contributed by atoms with E-state index in [-0.39, 0.29) is 5.91 Å². The molecule has 1 unspecified atom stereocenters. The lowest BCUT2D eigenvalue weighted by Gasteiger charge is -2.23. The van der Waals surface area contributed by atoms with Crippen molar-refractivity contribution in [2.75, 3.05) is 5.32 Å². The fraction of sp³-hybridized carbons (Fsp3) is 0.261. The number of amides is 1. The summed E-state index contributed by atoms with van der Waals surface area (Å²) < 4.78 is 5.82. The molecule has 0 fully saturated rings. The van der Waals surface area contributed by atoms with Crippen molar-refractivity contribution >= 4 is 23.2 Å². The molecule has 4 nitrogen and oxygen atoms in total. The monoisotopic (exact) mass is 397 g/mol. The molecule has 0 radical (unpaired) electrons. The molecule has 0 aliphatic heterocycles. The molecule has 2 aromatic carbocycles. The molecule has 1 atom stereocenters. The van der Waals surface area contributed by atoms with Gasteiger partial charge in [0.25, 0.3) is 5.91 Å². The molecular formula is C23H26ClN2O2+. The number of carbonyl (C=O) groups is 1. The molecule has 1 aromatic heterocycles. The molecule has 1 heterocycles. The average Bonchev–Trinajstić information content (AvgIpc) is 3.13. The number of furan rings is 1. The highest BCUT2D eigenvalue weighted by Gasteiger charge is 2.19. The van der Waals surface area contributed by atoms with Gasteiger partial charge in [-0.3, -0.25) is 4.79 Å². The van der Waals surface area contributed by atoms with Crippen molar-refractivity contribution < 1.29 is 14.1 Å². The molecule has 0 aliphatic carbocycles. The van der Waals surface area contributed by atoms with Crippen LogP contribution in [0.2, 0.25) is 5.02 Å². The van der Waals surface area contributed by atoms with E-state index in [1.165, 1.54) is 4.90 Å². The minimum absolute atomic E-state index is 0.243. The van der Waals surface area contributed by atoms with Crippen LogP contribution in [0.25, 0.3) is 0 Å². The summed E-state index contributed by atoms with van der Waals surface area (Å²) in [6, 6.07) is 19.6. The zero-order chi connectivity index (χ0) is 20.1. The van der Waals surface area contributed by atoms with Crippen molar-refractivity contribution in [2.45, 2.75) is 39.9 Å². The Morgan fingerprint density at radius 3 is 2.43 bits per heavy atom. The highest BCUT2D eigenvalue weighted by Crippen LogP contribution is 2.15. The summed E-state index contributed by atoms with van der Waals surface area (Å²) in [6.45, 7) is 7.82. The maximum atomic E-state index is 12.4. The topological polar surface area (TPSA) is 46.7 Å². The van der Waals surface area contributed by atoms with Crippen molar-refractivity contribution in [2.24, 2.45) is 0 Å². The van der Waals surface area contributed by atoms with E-state index in [9.17, 15) is 4.79 Å². The molecule has 0 saturated carbocycles. The summed E-state index contributed by atoms with van der Waals surface area (Å²) in [6.07, 6.45) is 0. The van der Waals surface area contributed by atoms with E-state index < -0.39 is 0 Å². The quantitative estimate of drug-likeness (QED) is 0.617. The Morgan fingerprint density at radius 1 is 1.04 bits per heavy atom. The van der Waals surface area contributed by atoms with Gasteiger partial charge in [-0.15, -0.1) is 0 Å². The minimum atomic E-state index is -0.243. The molecule has 0 saturated heterocycles. The van der Waals surface area contributed by atoms with Gasteiger partial charge >= 0.3 is 0 Å². The predicted octanol–water partition coefficient (Wildman–Crippen LogP) is 4.49. The second-order valence-electron chi connectivity index (χ2n) is 7.34. The van der Waals surface area contributed by atoms with Crippen LogP contribution >= 0.6 is 11.6 Å². The summed E-state index contributed by atoms with van der Waals surface area (Å²) in [5.41, 5.74) is 3.01. The molecule has 0 aliphatic rings. The number of anilines is 1. The summed E-state index contributed by atoms with van der Waals surface area (Å²) in [7, 11) is 0. The van der Waals surface area contributed by atoms with Gasteiger partial charge in [0.15, 0.2) is 11.5 Å². The van der Waals surface area contributed by atoms with Crippen LogP contribution in [0.4, 0.5) is 5.69 Å². The molecule has 28 heavy (non-hydrogen) atoms. The van der Waals surface area contributed by atoms with E-state index in [1.807, 2.05) is 61.5 Å². The van der Waals surface area contributed by atoms with Gasteiger partial charge in [-0.1, -0.05) is 47.5 Å². The number of benzene rings is 2. The number of carbonyl (C=O) groups excluding carboxylic acids is 1. The van der Waals surface area contributed by atoms with Crippen LogP contribution < -0.4 is 10.2 Å². The summed E-state index contributed by atoms with van der Waals surface area (Å²) in [5.74, 6) is 0.855. The molecule has 2 N–H and O–H groups in total. The Labute approximate surface area is 171 Å². The number of hydrogen-bond acceptors (Lipinski definition) is 2. The standard InChI is InChI=1S/C23H25ClN2O2/c1-16(2)26(14-18-6-4-5-7-21(18)24)15-20-12-13-22(28-20)23(27)25-19-10-8-17(3)9-11-19/h4-13,16H,14-15H2,1-3H3,(H,25,27)/p+1. The van der Waals surface area contributed by atoms with Crippen LogP contribution in [0.5, 0.6) is 0 Å². The minimum Gasteiger partial charge on any atom is -0.450 e. The lowest BCUT2D eigenvalue weighted by atomic mass is 10.2. The van der Waals surface area contributed by atoms with Crippen LogP contribution in [0.15, 0.2) is 65.1 Å². The summed E-state index contributed by atoms with van der Waals surface area (Å²) in [4.78, 5) is 13.8. The third-order valence-corrected chi connectivity index (χ3v) is 5.16. The molecule has 146 valence electrons. The van der Waals surface area contributed by atoms with E-state index in [0.29, 0.717) is 18.3 Å². The van der Waals surface area contributed by atoms with Gasteiger partial charge in [0.2, 0.25) is 0 Å². The zero-order valence-electron chi connectivity index (χ0n) is 16.5. The van der Waals surface area contributed by atoms with Crippen LogP contribution in [-0.2, 0) is 13.1 Å². The average molecular weight is 398 g/mol. The molecule has 0 spiro atoms. The Hall–Kier alpha value is -2.56. The van der Waals surface area contributed by atoms with Crippen LogP contribution in [0.1, 0.15) is 41.3 Å². The number of halogens is 1. The van der Waals surface area contributed by atoms with Gasteiger partial charge in [0.05, 0.1) is 6.04 Å². The number of aryl methyl sites for hydroxylation is 1. The van der Waals surface area contributed by atoms with E-state index in [1.54, 1.807) is 6.07 Å². The Balaban J connectivity index is 1.67. The second kappa shape index (κ2) is 9.09. The largest absolute Gasteiger partial charge is 0.450 e. The molecule has 3 rings (SSSR count). The lowest BCUT2D eigenvalue weighted by molar-refractivity contribution is -0.949. The van der Waals surface area contributed by atoms with E-state index in [4.69, 9.17) is 16.0 Å². The smallest absolute Gasteiger partial charge is 0.291 e. The lowest BCUT2D eigenvalue weighted by Crippen LogP contribution is -3.12. The first-order valence-corrected chi connectivity index (χ1v) is 9.85. The fourth-order valence-corrected chi connectivity index (χ4v) is 3.21. The number of nitrogens with one attached hydrogen (secondary N) is 2. The first kappa shape index (κ1) is 20.2. The predicted molar refractivity (Wildman–Crippen MR) is 113 cm³/mol. The van der Waals surface area contributed by atoms with E-state index >= 15 is 0 Å². The van der Waals surface area contributed by atoms with Crippen LogP contribution in [-0.4, -0.2) is 11.9 Å². The summed E-state index contributed by atoms with van der Waals surface area (Å²) >= 11 is 6.32. The third-order valence-electron chi connectivity index (χ3n) is 4.79. The maximum Gasteiger partial charge on any atom is 0.291 e.